The van der Waals surface area contributed by atoms with Gasteiger partial charge in [0.05, 0.1) is 18.5 Å². The summed E-state index contributed by atoms with van der Waals surface area (Å²) in [5.74, 6) is -1.90. The first-order chi connectivity index (χ1) is 11.4. The van der Waals surface area contributed by atoms with E-state index in [2.05, 4.69) is 4.74 Å². The van der Waals surface area contributed by atoms with Crippen molar-refractivity contribution in [3.05, 3.63) is 57.7 Å². The number of sulfonamides is 1. The Morgan fingerprint density at radius 1 is 1.29 bits per heavy atom. The largest absolute Gasteiger partial charge is 0.504 e. The molecule has 1 aliphatic rings. The summed E-state index contributed by atoms with van der Waals surface area (Å²) < 4.78 is 44.1. The number of nitrogens with zero attached hydrogens (tertiary/aromatic N) is 1. The van der Waals surface area contributed by atoms with Crippen molar-refractivity contribution in [1.29, 1.82) is 0 Å². The van der Waals surface area contributed by atoms with Gasteiger partial charge in [0.2, 0.25) is 0 Å². The second kappa shape index (κ2) is 5.91. The predicted molar refractivity (Wildman–Crippen MR) is 85.0 cm³/mol. The molecule has 0 aliphatic carbocycles. The minimum Gasteiger partial charge on any atom is -0.504 e. The van der Waals surface area contributed by atoms with Crippen LogP contribution in [0.4, 0.5) is 4.39 Å². The van der Waals surface area contributed by atoms with E-state index in [-0.39, 0.29) is 16.3 Å². The summed E-state index contributed by atoms with van der Waals surface area (Å²) in [6.45, 7) is -0.244. The number of esters is 1. The summed E-state index contributed by atoms with van der Waals surface area (Å²) >= 11 is 1.01. The smallest absolute Gasteiger partial charge is 0.359 e. The Morgan fingerprint density at radius 2 is 1.96 bits per heavy atom. The lowest BCUT2D eigenvalue weighted by molar-refractivity contribution is -0.137. The number of benzene rings is 1. The van der Waals surface area contributed by atoms with Gasteiger partial charge in [-0.3, -0.25) is 4.31 Å². The van der Waals surface area contributed by atoms with Crippen molar-refractivity contribution < 1.29 is 27.4 Å². The molecule has 1 aliphatic heterocycles. The third kappa shape index (κ3) is 2.55. The summed E-state index contributed by atoms with van der Waals surface area (Å²) in [6.07, 6.45) is 0. The summed E-state index contributed by atoms with van der Waals surface area (Å²) in [5, 5.41) is 11.9. The molecule has 2 heterocycles. The molecule has 0 spiro atoms. The molecule has 2 aromatic rings. The van der Waals surface area contributed by atoms with Crippen LogP contribution in [0.1, 0.15) is 10.4 Å². The highest BCUT2D eigenvalue weighted by atomic mass is 32.2. The predicted octanol–water partition coefficient (Wildman–Crippen LogP) is 2.49. The van der Waals surface area contributed by atoms with Crippen molar-refractivity contribution in [2.24, 2.45) is 0 Å². The summed E-state index contributed by atoms with van der Waals surface area (Å²) in [7, 11) is -2.96. The van der Waals surface area contributed by atoms with Crippen LogP contribution in [0, 0.1) is 5.82 Å². The van der Waals surface area contributed by atoms with E-state index < -0.39 is 33.3 Å². The molecular formula is C15H12FNO5S2. The number of hydrogen-bond acceptors (Lipinski definition) is 6. The van der Waals surface area contributed by atoms with Crippen molar-refractivity contribution in [2.75, 3.05) is 7.11 Å². The highest BCUT2D eigenvalue weighted by Crippen LogP contribution is 2.39. The minimum absolute atomic E-state index is 0.0836. The van der Waals surface area contributed by atoms with Gasteiger partial charge in [-0.1, -0.05) is 12.1 Å². The van der Waals surface area contributed by atoms with Gasteiger partial charge in [0, 0.05) is 0 Å². The van der Waals surface area contributed by atoms with E-state index in [1.54, 1.807) is 0 Å². The van der Waals surface area contributed by atoms with E-state index in [1.807, 2.05) is 0 Å². The number of thiophene rings is 1. The number of aliphatic hydroxyl groups is 1. The summed E-state index contributed by atoms with van der Waals surface area (Å²) in [4.78, 5) is 12.1. The van der Waals surface area contributed by atoms with Crippen molar-refractivity contribution in [2.45, 2.75) is 11.4 Å². The molecule has 3 rings (SSSR count). The molecule has 1 N–H and O–H groups in total. The van der Waals surface area contributed by atoms with Gasteiger partial charge in [-0.2, -0.15) is 0 Å². The van der Waals surface area contributed by atoms with E-state index in [0.29, 0.717) is 5.56 Å². The number of halogens is 1. The number of carbonyl (C=O) groups excluding carboxylic acids is 1. The first kappa shape index (κ1) is 16.5. The third-order valence-corrected chi connectivity index (χ3v) is 6.34. The van der Waals surface area contributed by atoms with Crippen molar-refractivity contribution in [1.82, 2.24) is 4.31 Å². The molecule has 0 fully saturated rings. The number of methoxy groups -OCH3 is 1. The molecule has 0 radical (unpaired) electrons. The third-order valence-electron chi connectivity index (χ3n) is 3.50. The van der Waals surface area contributed by atoms with Gasteiger partial charge < -0.3 is 9.84 Å². The Bertz CT molecular complexity index is 931. The van der Waals surface area contributed by atoms with Crippen LogP contribution in [-0.2, 0) is 26.1 Å². The lowest BCUT2D eigenvalue weighted by atomic mass is 10.2. The molecule has 0 saturated carbocycles. The molecule has 0 bridgehead atoms. The standard InChI is InChI=1S/C15H12FNO5S2/c1-22-15(19)12-13(18)14-11(6-7-23-14)24(20,21)17(12)8-9-2-4-10(16)5-3-9/h2-7,18H,8H2,1H3. The Kier molecular flexibility index (Phi) is 4.06. The zero-order chi connectivity index (χ0) is 17.5. The minimum atomic E-state index is -4.05. The van der Waals surface area contributed by atoms with Crippen LogP contribution < -0.4 is 0 Å². The fourth-order valence-corrected chi connectivity index (χ4v) is 5.16. The molecular weight excluding hydrogens is 357 g/mol. The molecule has 24 heavy (non-hydrogen) atoms. The molecule has 1 aromatic heterocycles. The molecule has 1 aromatic carbocycles. The van der Waals surface area contributed by atoms with Gasteiger partial charge in [-0.15, -0.1) is 11.3 Å². The second-order valence-corrected chi connectivity index (χ2v) is 7.69. The number of carbonyl (C=O) groups is 1. The van der Waals surface area contributed by atoms with E-state index in [0.717, 1.165) is 22.8 Å². The first-order valence-electron chi connectivity index (χ1n) is 6.73. The van der Waals surface area contributed by atoms with Crippen LogP contribution >= 0.6 is 11.3 Å². The van der Waals surface area contributed by atoms with Crippen molar-refractivity contribution in [3.8, 4) is 0 Å². The lowest BCUT2D eigenvalue weighted by Gasteiger charge is -2.29. The first-order valence-corrected chi connectivity index (χ1v) is 9.05. The van der Waals surface area contributed by atoms with Gasteiger partial charge in [0.1, 0.15) is 10.7 Å². The number of aliphatic hydroxyl groups excluding tert-OH is 1. The van der Waals surface area contributed by atoms with Crippen LogP contribution in [0.5, 0.6) is 0 Å². The summed E-state index contributed by atoms with van der Waals surface area (Å²) in [5.41, 5.74) is -0.00960. The molecule has 9 heteroatoms. The normalized spacial score (nSPS) is 16.0. The molecule has 0 saturated heterocycles. The molecule has 0 amide bonds. The zero-order valence-corrected chi connectivity index (χ0v) is 14.0. The van der Waals surface area contributed by atoms with Gasteiger partial charge in [-0.05, 0) is 29.1 Å². The number of hydrogen-bond donors (Lipinski definition) is 1. The van der Waals surface area contributed by atoms with Crippen LogP contribution in [-0.4, -0.2) is 30.9 Å². The van der Waals surface area contributed by atoms with Gasteiger partial charge in [0.15, 0.2) is 11.5 Å². The van der Waals surface area contributed by atoms with E-state index in [4.69, 9.17) is 0 Å². The van der Waals surface area contributed by atoms with E-state index in [9.17, 15) is 22.7 Å². The average molecular weight is 369 g/mol. The van der Waals surface area contributed by atoms with Gasteiger partial charge in [0.25, 0.3) is 10.0 Å². The Balaban J connectivity index is 2.15. The molecule has 0 unspecified atom stereocenters. The van der Waals surface area contributed by atoms with E-state index >= 15 is 0 Å². The Labute approximate surface area is 141 Å². The van der Waals surface area contributed by atoms with Crippen LogP contribution in [0.25, 0.3) is 5.76 Å². The molecule has 126 valence electrons. The second-order valence-electron chi connectivity index (χ2n) is 4.94. The van der Waals surface area contributed by atoms with Crippen LogP contribution in [0.15, 0.2) is 46.3 Å². The molecule has 6 nitrogen and oxygen atoms in total. The SMILES string of the molecule is COC(=O)C1=C(O)c2sccc2S(=O)(=O)N1Cc1ccc(F)cc1. The van der Waals surface area contributed by atoms with Crippen molar-refractivity contribution >= 4 is 33.1 Å². The fraction of sp³-hybridized carbons (Fsp3) is 0.133. The highest BCUT2D eigenvalue weighted by Gasteiger charge is 2.41. The fourth-order valence-electron chi connectivity index (χ4n) is 2.35. The van der Waals surface area contributed by atoms with Gasteiger partial charge >= 0.3 is 5.97 Å². The quantitative estimate of drug-likeness (QED) is 0.841. The Hall–Kier alpha value is -2.39. The average Bonchev–Trinajstić information content (AvgIpc) is 3.05. The Morgan fingerprint density at radius 3 is 2.58 bits per heavy atom. The topological polar surface area (TPSA) is 83.9 Å². The van der Waals surface area contributed by atoms with Crippen molar-refractivity contribution in [3.63, 3.8) is 0 Å². The number of fused-ring (bicyclic) bond motifs is 1. The number of ether oxygens (including phenoxy) is 1. The monoisotopic (exact) mass is 369 g/mol. The maximum Gasteiger partial charge on any atom is 0.359 e. The maximum atomic E-state index is 13.0. The van der Waals surface area contributed by atoms with Gasteiger partial charge in [-0.25, -0.2) is 17.6 Å². The number of rotatable bonds is 3. The lowest BCUT2D eigenvalue weighted by Crippen LogP contribution is -2.37. The summed E-state index contributed by atoms with van der Waals surface area (Å²) in [6, 6.07) is 6.53. The van der Waals surface area contributed by atoms with E-state index in [1.165, 1.54) is 35.7 Å². The zero-order valence-electron chi connectivity index (χ0n) is 12.4. The van der Waals surface area contributed by atoms with Crippen LogP contribution in [0.2, 0.25) is 0 Å². The maximum absolute atomic E-state index is 13.0. The van der Waals surface area contributed by atoms with Crippen LogP contribution in [0.3, 0.4) is 0 Å². The molecule has 0 atom stereocenters. The highest BCUT2D eigenvalue weighted by molar-refractivity contribution is 7.89.